The number of hydrogen-bond acceptors (Lipinski definition) is 2. The van der Waals surface area contributed by atoms with Crippen LogP contribution in [0.5, 0.6) is 0 Å². The lowest BCUT2D eigenvalue weighted by Gasteiger charge is -2.25. The zero-order valence-corrected chi connectivity index (χ0v) is 17.1. The third kappa shape index (κ3) is 3.20. The molecule has 148 valence electrons. The van der Waals surface area contributed by atoms with Crippen LogP contribution in [0.2, 0.25) is 0 Å². The summed E-state index contributed by atoms with van der Waals surface area (Å²) in [5, 5.41) is 8.10. The highest BCUT2D eigenvalue weighted by Crippen LogP contribution is 2.43. The lowest BCUT2D eigenvalue weighted by molar-refractivity contribution is -0.116. The van der Waals surface area contributed by atoms with Crippen LogP contribution >= 0.6 is 0 Å². The van der Waals surface area contributed by atoms with Crippen molar-refractivity contribution in [1.29, 1.82) is 0 Å². The molecule has 1 aromatic heterocycles. The third-order valence-corrected chi connectivity index (χ3v) is 5.72. The minimum absolute atomic E-state index is 0.0148. The van der Waals surface area contributed by atoms with Crippen LogP contribution in [0.4, 0.5) is 5.82 Å². The number of nitrogens with one attached hydrogen (secondary N) is 1. The minimum atomic E-state index is -0.0382. The van der Waals surface area contributed by atoms with Gasteiger partial charge in [-0.05, 0) is 31.5 Å². The van der Waals surface area contributed by atoms with Crippen LogP contribution in [-0.2, 0) is 4.79 Å². The molecule has 1 N–H and O–H groups in total. The first-order valence-corrected chi connectivity index (χ1v) is 10.2. The molecule has 0 bridgehead atoms. The van der Waals surface area contributed by atoms with Gasteiger partial charge in [-0.15, -0.1) is 0 Å². The van der Waals surface area contributed by atoms with E-state index in [1.165, 1.54) is 11.1 Å². The van der Waals surface area contributed by atoms with Gasteiger partial charge in [0.25, 0.3) is 0 Å². The number of fused-ring (bicyclic) bond motifs is 1. The predicted octanol–water partition coefficient (Wildman–Crippen LogP) is 5.63. The van der Waals surface area contributed by atoms with Crippen molar-refractivity contribution in [2.45, 2.75) is 26.2 Å². The van der Waals surface area contributed by atoms with Gasteiger partial charge < -0.3 is 5.32 Å². The fourth-order valence-electron chi connectivity index (χ4n) is 4.12. The fraction of sp³-hybridized carbons (Fsp3) is 0.154. The second-order valence-electron chi connectivity index (χ2n) is 7.94. The molecule has 1 atom stereocenters. The molecule has 1 unspecified atom stereocenters. The largest absolute Gasteiger partial charge is 0.310 e. The molecule has 1 aliphatic heterocycles. The summed E-state index contributed by atoms with van der Waals surface area (Å²) >= 11 is 0. The Balaban J connectivity index is 1.76. The van der Waals surface area contributed by atoms with Crippen molar-refractivity contribution < 1.29 is 4.79 Å². The SMILES string of the molecule is Cc1ccc(C2CC(=O)Nc3c2c(-c2ccccc2)nn3-c2ccc(C)cc2)cc1. The number of rotatable bonds is 3. The molecule has 4 aromatic rings. The number of nitrogens with zero attached hydrogens (tertiary/aromatic N) is 2. The Morgan fingerprint density at radius 2 is 1.50 bits per heavy atom. The van der Waals surface area contributed by atoms with Gasteiger partial charge in [0.1, 0.15) is 5.82 Å². The van der Waals surface area contributed by atoms with E-state index >= 15 is 0 Å². The molecule has 30 heavy (non-hydrogen) atoms. The van der Waals surface area contributed by atoms with Crippen molar-refractivity contribution in [2.24, 2.45) is 0 Å². The molecule has 5 rings (SSSR count). The zero-order chi connectivity index (χ0) is 20.7. The average molecular weight is 393 g/mol. The molecule has 0 saturated carbocycles. The van der Waals surface area contributed by atoms with Gasteiger partial charge in [0.05, 0.1) is 11.4 Å². The van der Waals surface area contributed by atoms with Gasteiger partial charge in [-0.2, -0.15) is 5.10 Å². The van der Waals surface area contributed by atoms with E-state index in [4.69, 9.17) is 5.10 Å². The van der Waals surface area contributed by atoms with Crippen molar-refractivity contribution in [3.05, 3.63) is 101 Å². The van der Waals surface area contributed by atoms with E-state index in [2.05, 4.69) is 67.7 Å². The van der Waals surface area contributed by atoms with Gasteiger partial charge in [0, 0.05) is 23.5 Å². The predicted molar refractivity (Wildman–Crippen MR) is 120 cm³/mol. The Morgan fingerprint density at radius 1 is 0.867 bits per heavy atom. The first-order chi connectivity index (χ1) is 14.6. The summed E-state index contributed by atoms with van der Waals surface area (Å²) in [6.45, 7) is 4.14. The third-order valence-electron chi connectivity index (χ3n) is 5.72. The molecule has 0 saturated heterocycles. The van der Waals surface area contributed by atoms with E-state index in [9.17, 15) is 4.79 Å². The molecule has 4 nitrogen and oxygen atoms in total. The summed E-state index contributed by atoms with van der Waals surface area (Å²) in [7, 11) is 0. The molecule has 0 spiro atoms. The monoisotopic (exact) mass is 393 g/mol. The first kappa shape index (κ1) is 18.4. The Bertz CT molecular complexity index is 1210. The topological polar surface area (TPSA) is 46.9 Å². The van der Waals surface area contributed by atoms with Crippen LogP contribution in [0.1, 0.15) is 34.6 Å². The minimum Gasteiger partial charge on any atom is -0.310 e. The number of aromatic nitrogens is 2. The highest BCUT2D eigenvalue weighted by atomic mass is 16.1. The maximum absolute atomic E-state index is 12.7. The van der Waals surface area contributed by atoms with Crippen molar-refractivity contribution in [1.82, 2.24) is 9.78 Å². The van der Waals surface area contributed by atoms with Gasteiger partial charge >= 0.3 is 0 Å². The molecular weight excluding hydrogens is 370 g/mol. The van der Waals surface area contributed by atoms with Crippen LogP contribution < -0.4 is 5.32 Å². The van der Waals surface area contributed by atoms with E-state index < -0.39 is 0 Å². The molecule has 3 aromatic carbocycles. The van der Waals surface area contributed by atoms with E-state index in [0.717, 1.165) is 33.9 Å². The molecule has 0 radical (unpaired) electrons. The molecule has 0 aliphatic carbocycles. The number of amides is 1. The molecule has 0 fully saturated rings. The Morgan fingerprint density at radius 3 is 2.17 bits per heavy atom. The number of benzene rings is 3. The number of hydrogen-bond donors (Lipinski definition) is 1. The smallest absolute Gasteiger partial charge is 0.226 e. The maximum atomic E-state index is 12.7. The van der Waals surface area contributed by atoms with Crippen LogP contribution in [-0.4, -0.2) is 15.7 Å². The Labute approximate surface area is 176 Å². The summed E-state index contributed by atoms with van der Waals surface area (Å²) in [4.78, 5) is 12.7. The van der Waals surface area contributed by atoms with E-state index in [1.807, 2.05) is 35.0 Å². The van der Waals surface area contributed by atoms with Crippen LogP contribution in [0, 0.1) is 13.8 Å². The highest BCUT2D eigenvalue weighted by Gasteiger charge is 2.34. The van der Waals surface area contributed by atoms with Gasteiger partial charge in [-0.25, -0.2) is 4.68 Å². The lowest BCUT2D eigenvalue weighted by Crippen LogP contribution is -2.24. The quantitative estimate of drug-likeness (QED) is 0.490. The first-order valence-electron chi connectivity index (χ1n) is 10.2. The van der Waals surface area contributed by atoms with Gasteiger partial charge in [-0.3, -0.25) is 4.79 Å². The maximum Gasteiger partial charge on any atom is 0.226 e. The van der Waals surface area contributed by atoms with Gasteiger partial charge in [-0.1, -0.05) is 77.9 Å². The standard InChI is InChI=1S/C26H23N3O/c1-17-8-12-19(13-9-17)22-16-23(30)27-26-24(22)25(20-6-4-3-5-7-20)28-29(26)21-14-10-18(2)11-15-21/h3-15,22H,16H2,1-2H3,(H,27,30). The van der Waals surface area contributed by atoms with Crippen LogP contribution in [0.3, 0.4) is 0 Å². The highest BCUT2D eigenvalue weighted by molar-refractivity contribution is 5.96. The number of carbonyl (C=O) groups excluding carboxylic acids is 1. The summed E-state index contributed by atoms with van der Waals surface area (Å²) in [6.07, 6.45) is 0.412. The molecule has 4 heteroatoms. The van der Waals surface area contributed by atoms with Crippen LogP contribution in [0.15, 0.2) is 78.9 Å². The molecular formula is C26H23N3O. The fourth-order valence-corrected chi connectivity index (χ4v) is 4.12. The second-order valence-corrected chi connectivity index (χ2v) is 7.94. The van der Waals surface area contributed by atoms with Crippen molar-refractivity contribution in [3.8, 4) is 16.9 Å². The summed E-state index contributed by atoms with van der Waals surface area (Å²) < 4.78 is 1.87. The van der Waals surface area contributed by atoms with E-state index in [0.29, 0.717) is 6.42 Å². The Kier molecular flexibility index (Phi) is 4.47. The molecule has 1 amide bonds. The second kappa shape index (κ2) is 7.30. The number of aryl methyl sites for hydroxylation is 2. The summed E-state index contributed by atoms with van der Waals surface area (Å²) in [5.41, 5.74) is 7.50. The van der Waals surface area contributed by atoms with E-state index in [1.54, 1.807) is 0 Å². The lowest BCUT2D eigenvalue weighted by atomic mass is 9.84. The van der Waals surface area contributed by atoms with Crippen LogP contribution in [0.25, 0.3) is 16.9 Å². The van der Waals surface area contributed by atoms with Gasteiger partial charge in [0.15, 0.2) is 0 Å². The summed E-state index contributed by atoms with van der Waals surface area (Å²) in [5.74, 6) is 0.740. The number of carbonyl (C=O) groups is 1. The number of anilines is 1. The molecule has 2 heterocycles. The zero-order valence-electron chi connectivity index (χ0n) is 17.1. The van der Waals surface area contributed by atoms with Crippen molar-refractivity contribution in [2.75, 3.05) is 5.32 Å². The van der Waals surface area contributed by atoms with Crippen molar-refractivity contribution in [3.63, 3.8) is 0 Å². The summed E-state index contributed by atoms with van der Waals surface area (Å²) in [6, 6.07) is 26.9. The normalized spacial score (nSPS) is 15.5. The van der Waals surface area contributed by atoms with Gasteiger partial charge in [0.2, 0.25) is 5.91 Å². The molecule has 1 aliphatic rings. The van der Waals surface area contributed by atoms with E-state index in [-0.39, 0.29) is 11.8 Å². The average Bonchev–Trinajstić information content (AvgIpc) is 3.14. The Hall–Kier alpha value is -3.66. The van der Waals surface area contributed by atoms with Crippen molar-refractivity contribution >= 4 is 11.7 Å².